The Hall–Kier alpha value is -2.46. The maximum atomic E-state index is 11.9. The zero-order chi connectivity index (χ0) is 21.0. The van der Waals surface area contributed by atoms with Crippen LogP contribution in [0.5, 0.6) is 0 Å². The zero-order valence-corrected chi connectivity index (χ0v) is 17.1. The van der Waals surface area contributed by atoms with E-state index < -0.39 is 16.6 Å². The highest BCUT2D eigenvalue weighted by Gasteiger charge is 2.34. The third-order valence-corrected chi connectivity index (χ3v) is 4.75. The van der Waals surface area contributed by atoms with Gasteiger partial charge in [-0.3, -0.25) is 10.1 Å². The fraction of sp³-hybridized carbons (Fsp3) is 0.684. The molecule has 0 spiro atoms. The number of alkyl carbamates (subject to hydrolysis) is 1. The second-order valence-electron chi connectivity index (χ2n) is 8.21. The Kier molecular flexibility index (Phi) is 6.53. The largest absolute Gasteiger partial charge is 0.444 e. The number of aromatic nitrogens is 1. The first kappa shape index (κ1) is 21.3. The number of hydrogen-bond acceptors (Lipinski definition) is 8. The van der Waals surface area contributed by atoms with E-state index in [0.717, 1.165) is 12.8 Å². The van der Waals surface area contributed by atoms with Crippen molar-refractivity contribution in [3.8, 4) is 0 Å². The monoisotopic (exact) mass is 408 g/mol. The third kappa shape index (κ3) is 6.01. The minimum Gasteiger partial charge on any atom is -0.444 e. The molecule has 3 rings (SSSR count). The van der Waals surface area contributed by atoms with Crippen LogP contribution in [0.15, 0.2) is 12.1 Å². The van der Waals surface area contributed by atoms with Crippen LogP contribution in [0.3, 0.4) is 0 Å². The molecule has 2 atom stereocenters. The maximum absolute atomic E-state index is 11.9. The van der Waals surface area contributed by atoms with Gasteiger partial charge in [0.05, 0.1) is 48.7 Å². The summed E-state index contributed by atoms with van der Waals surface area (Å²) in [7, 11) is 0. The summed E-state index contributed by atoms with van der Waals surface area (Å²) >= 11 is 0. The summed E-state index contributed by atoms with van der Waals surface area (Å²) in [4.78, 5) is 29.3. The molecule has 10 heteroatoms. The van der Waals surface area contributed by atoms with Crippen molar-refractivity contribution in [1.29, 1.82) is 0 Å². The lowest BCUT2D eigenvalue weighted by atomic mass is 9.89. The minimum absolute atomic E-state index is 0.0165. The highest BCUT2D eigenvalue weighted by Crippen LogP contribution is 2.27. The van der Waals surface area contributed by atoms with Gasteiger partial charge in [0.25, 0.3) is 5.69 Å². The molecule has 1 saturated carbocycles. The number of nitrogens with zero attached hydrogens (tertiary/aromatic N) is 3. The molecule has 2 aliphatic rings. The van der Waals surface area contributed by atoms with Gasteiger partial charge < -0.3 is 24.4 Å². The number of nitro groups is 1. The summed E-state index contributed by atoms with van der Waals surface area (Å²) in [6, 6.07) is 2.77. The van der Waals surface area contributed by atoms with Crippen LogP contribution < -0.4 is 10.2 Å². The number of rotatable bonds is 6. The number of anilines is 1. The highest BCUT2D eigenvalue weighted by molar-refractivity contribution is 5.68. The summed E-state index contributed by atoms with van der Waals surface area (Å²) in [5.74, 6) is 0.554. The van der Waals surface area contributed by atoms with Crippen LogP contribution in [0, 0.1) is 10.1 Å². The Morgan fingerprint density at radius 2 is 2.07 bits per heavy atom. The molecule has 2 fully saturated rings. The normalized spacial score (nSPS) is 22.0. The number of ether oxygens (including phenoxy) is 3. The first-order valence-corrected chi connectivity index (χ1v) is 9.80. The molecule has 0 radical (unpaired) electrons. The smallest absolute Gasteiger partial charge is 0.407 e. The molecule has 0 bridgehead atoms. The molecule has 160 valence electrons. The lowest BCUT2D eigenvalue weighted by Gasteiger charge is -2.37. The molecule has 1 aliphatic carbocycles. The van der Waals surface area contributed by atoms with Crippen LogP contribution in [-0.2, 0) is 20.8 Å². The number of hydrogen-bond donors (Lipinski definition) is 1. The average molecular weight is 408 g/mol. The van der Waals surface area contributed by atoms with Crippen LogP contribution in [0.2, 0.25) is 0 Å². The summed E-state index contributed by atoms with van der Waals surface area (Å²) < 4.78 is 16.5. The Balaban J connectivity index is 1.60. The molecule has 0 aromatic carbocycles. The van der Waals surface area contributed by atoms with Gasteiger partial charge in [-0.1, -0.05) is 0 Å². The molecule has 1 aromatic heterocycles. The number of carbonyl (C=O) groups is 1. The van der Waals surface area contributed by atoms with Crippen LogP contribution >= 0.6 is 0 Å². The molecule has 29 heavy (non-hydrogen) atoms. The molecule has 0 unspecified atom stereocenters. The number of nitrogens with one attached hydrogen (secondary N) is 1. The van der Waals surface area contributed by atoms with E-state index >= 15 is 0 Å². The molecular weight excluding hydrogens is 380 g/mol. The van der Waals surface area contributed by atoms with E-state index in [2.05, 4.69) is 10.3 Å². The van der Waals surface area contributed by atoms with Gasteiger partial charge in [-0.05, 0) is 33.6 Å². The van der Waals surface area contributed by atoms with Crippen molar-refractivity contribution in [3.05, 3.63) is 27.9 Å². The van der Waals surface area contributed by atoms with E-state index in [1.54, 1.807) is 20.8 Å². The summed E-state index contributed by atoms with van der Waals surface area (Å²) in [5.41, 5.74) is -0.0896. The summed E-state index contributed by atoms with van der Waals surface area (Å²) in [5, 5.41) is 14.1. The van der Waals surface area contributed by atoms with Crippen LogP contribution in [-0.4, -0.2) is 60.1 Å². The van der Waals surface area contributed by atoms with Gasteiger partial charge in [0.1, 0.15) is 11.4 Å². The summed E-state index contributed by atoms with van der Waals surface area (Å²) in [6.07, 6.45) is 0.950. The molecule has 1 aromatic rings. The van der Waals surface area contributed by atoms with Gasteiger partial charge in [-0.2, -0.15) is 0 Å². The van der Waals surface area contributed by atoms with Gasteiger partial charge in [-0.15, -0.1) is 0 Å². The van der Waals surface area contributed by atoms with Crippen LogP contribution in [0.4, 0.5) is 16.3 Å². The van der Waals surface area contributed by atoms with Crippen molar-refractivity contribution in [2.75, 3.05) is 31.2 Å². The number of morpholine rings is 1. The van der Waals surface area contributed by atoms with E-state index in [0.29, 0.717) is 37.8 Å². The predicted octanol–water partition coefficient (Wildman–Crippen LogP) is 2.40. The Morgan fingerprint density at radius 1 is 1.34 bits per heavy atom. The third-order valence-electron chi connectivity index (χ3n) is 4.75. The second kappa shape index (κ2) is 8.91. The van der Waals surface area contributed by atoms with E-state index in [9.17, 15) is 14.9 Å². The standard InChI is InChI=1S/C19H28N4O6/c1-19(2,3)29-18(24)21-15-4-5-16(15)28-12-13-10-14(23(25)26)11-17(20-13)22-6-8-27-9-7-22/h10-11,15-16H,4-9,12H2,1-3H3,(H,21,24)/t15-,16-/m1/s1. The first-order valence-electron chi connectivity index (χ1n) is 9.80. The number of carbonyl (C=O) groups excluding carboxylic acids is 1. The molecule has 1 aliphatic heterocycles. The minimum atomic E-state index is -0.563. The van der Waals surface area contributed by atoms with E-state index in [1.165, 1.54) is 12.1 Å². The van der Waals surface area contributed by atoms with Gasteiger partial charge >= 0.3 is 6.09 Å². The van der Waals surface area contributed by atoms with Crippen molar-refractivity contribution < 1.29 is 23.9 Å². The van der Waals surface area contributed by atoms with Crippen molar-refractivity contribution in [3.63, 3.8) is 0 Å². The fourth-order valence-electron chi connectivity index (χ4n) is 3.18. The quantitative estimate of drug-likeness (QED) is 0.563. The molecular formula is C19H28N4O6. The lowest BCUT2D eigenvalue weighted by molar-refractivity contribution is -0.385. The number of pyridine rings is 1. The van der Waals surface area contributed by atoms with Gasteiger partial charge in [0, 0.05) is 19.2 Å². The van der Waals surface area contributed by atoms with Gasteiger partial charge in [0.2, 0.25) is 0 Å². The summed E-state index contributed by atoms with van der Waals surface area (Å²) in [6.45, 7) is 7.96. The predicted molar refractivity (Wildman–Crippen MR) is 105 cm³/mol. The Labute approximate surface area is 169 Å². The zero-order valence-electron chi connectivity index (χ0n) is 17.1. The molecule has 10 nitrogen and oxygen atoms in total. The van der Waals surface area contributed by atoms with Gasteiger partial charge in [-0.25, -0.2) is 9.78 Å². The van der Waals surface area contributed by atoms with Crippen molar-refractivity contribution in [2.45, 2.75) is 58.0 Å². The molecule has 1 amide bonds. The molecule has 1 saturated heterocycles. The van der Waals surface area contributed by atoms with E-state index in [4.69, 9.17) is 14.2 Å². The van der Waals surface area contributed by atoms with Crippen LogP contribution in [0.1, 0.15) is 39.3 Å². The Morgan fingerprint density at radius 3 is 2.66 bits per heavy atom. The van der Waals surface area contributed by atoms with E-state index in [1.807, 2.05) is 4.90 Å². The first-order chi connectivity index (χ1) is 13.7. The Bertz CT molecular complexity index is 745. The van der Waals surface area contributed by atoms with Crippen molar-refractivity contribution in [1.82, 2.24) is 10.3 Å². The second-order valence-corrected chi connectivity index (χ2v) is 8.21. The van der Waals surface area contributed by atoms with Crippen LogP contribution in [0.25, 0.3) is 0 Å². The average Bonchev–Trinajstić information content (AvgIpc) is 2.64. The molecule has 1 N–H and O–H groups in total. The molecule has 2 heterocycles. The SMILES string of the molecule is CC(C)(C)OC(=O)N[C@@H]1CC[C@H]1OCc1cc([N+](=O)[O-])cc(N2CCOCC2)n1. The topological polar surface area (TPSA) is 116 Å². The van der Waals surface area contributed by atoms with Crippen molar-refractivity contribution >= 4 is 17.6 Å². The lowest BCUT2D eigenvalue weighted by Crippen LogP contribution is -2.52. The van der Waals surface area contributed by atoms with Crippen molar-refractivity contribution in [2.24, 2.45) is 0 Å². The van der Waals surface area contributed by atoms with Gasteiger partial charge in [0.15, 0.2) is 0 Å². The fourth-order valence-corrected chi connectivity index (χ4v) is 3.18. The highest BCUT2D eigenvalue weighted by atomic mass is 16.6. The van der Waals surface area contributed by atoms with E-state index in [-0.39, 0.29) is 24.4 Å². The maximum Gasteiger partial charge on any atom is 0.407 e. The number of amides is 1.